The minimum atomic E-state index is -0.673. The Bertz CT molecular complexity index is 1200. The number of likely N-dealkylation sites (tertiary alicyclic amines) is 1. The van der Waals surface area contributed by atoms with Crippen LogP contribution in [0.4, 0.5) is 27.5 Å². The highest BCUT2D eigenvalue weighted by molar-refractivity contribution is 6.33. The van der Waals surface area contributed by atoms with Gasteiger partial charge in [-0.15, -0.1) is 0 Å². The predicted molar refractivity (Wildman–Crippen MR) is 147 cm³/mol. The molecule has 1 aromatic heterocycles. The van der Waals surface area contributed by atoms with Crippen molar-refractivity contribution in [3.63, 3.8) is 0 Å². The molecule has 204 valence electrons. The molecule has 1 aromatic carbocycles. The normalized spacial score (nSPS) is 19.4. The highest BCUT2D eigenvalue weighted by atomic mass is 35.5. The first-order valence-electron chi connectivity index (χ1n) is 13.5. The number of fused-ring (bicyclic) bond motifs is 1. The Morgan fingerprint density at radius 2 is 1.89 bits per heavy atom. The number of nitrogens with one attached hydrogen (secondary N) is 2. The van der Waals surface area contributed by atoms with Crippen molar-refractivity contribution in [3.05, 3.63) is 34.7 Å². The molecule has 3 heterocycles. The number of nitrogens with zero attached hydrogens (tertiary/aromatic N) is 5. The van der Waals surface area contributed by atoms with E-state index in [1.807, 2.05) is 0 Å². The van der Waals surface area contributed by atoms with Crippen molar-refractivity contribution in [1.29, 1.82) is 0 Å². The Labute approximate surface area is 227 Å². The molecule has 3 aliphatic rings. The summed E-state index contributed by atoms with van der Waals surface area (Å²) in [5.41, 5.74) is 0.829. The van der Waals surface area contributed by atoms with Crippen LogP contribution in [0.3, 0.4) is 0 Å². The van der Waals surface area contributed by atoms with Gasteiger partial charge < -0.3 is 25.3 Å². The van der Waals surface area contributed by atoms with E-state index in [4.69, 9.17) is 16.6 Å². The molecule has 0 atom stereocenters. The van der Waals surface area contributed by atoms with Crippen molar-refractivity contribution < 1.29 is 14.0 Å². The number of amides is 2. The monoisotopic (exact) mass is 543 g/mol. The van der Waals surface area contributed by atoms with Gasteiger partial charge in [-0.2, -0.15) is 4.98 Å². The second kappa shape index (κ2) is 11.4. The zero-order valence-corrected chi connectivity index (χ0v) is 22.7. The molecule has 0 spiro atoms. The molecule has 2 fully saturated rings. The fraction of sp³-hybridized carbons (Fsp3) is 0.556. The van der Waals surface area contributed by atoms with Gasteiger partial charge in [-0.1, -0.05) is 31.4 Å². The third kappa shape index (κ3) is 5.56. The van der Waals surface area contributed by atoms with Crippen LogP contribution in [-0.2, 0) is 4.79 Å². The van der Waals surface area contributed by atoms with Gasteiger partial charge >= 0.3 is 0 Å². The second-order valence-corrected chi connectivity index (χ2v) is 10.8. The smallest absolute Gasteiger partial charge is 0.254 e. The molecule has 2 amide bonds. The lowest BCUT2D eigenvalue weighted by Gasteiger charge is -2.31. The second-order valence-electron chi connectivity index (χ2n) is 10.4. The zero-order chi connectivity index (χ0) is 26.8. The fourth-order valence-corrected chi connectivity index (χ4v) is 5.87. The van der Waals surface area contributed by atoms with E-state index in [1.165, 1.54) is 12.1 Å². The lowest BCUT2D eigenvalue weighted by molar-refractivity contribution is -0.118. The SMILES string of the molecule is CCN1CCC(NC(=O)c2cc(Cl)c(Nc3ncc4c(n3)N(C3CCCC3)CCC(=O)N4C)cc2F)CC1. The van der Waals surface area contributed by atoms with E-state index >= 15 is 4.39 Å². The van der Waals surface area contributed by atoms with E-state index in [1.54, 1.807) is 18.1 Å². The molecule has 0 unspecified atom stereocenters. The van der Waals surface area contributed by atoms with E-state index in [-0.39, 0.29) is 34.2 Å². The molecule has 1 aliphatic carbocycles. The number of anilines is 4. The number of rotatable bonds is 6. The third-order valence-electron chi connectivity index (χ3n) is 8.01. The largest absolute Gasteiger partial charge is 0.351 e. The summed E-state index contributed by atoms with van der Waals surface area (Å²) in [5.74, 6) is -0.189. The summed E-state index contributed by atoms with van der Waals surface area (Å²) in [6.45, 7) is 5.52. The number of carbonyl (C=O) groups excluding carboxylic acids is 2. The van der Waals surface area contributed by atoms with E-state index in [2.05, 4.69) is 32.3 Å². The van der Waals surface area contributed by atoms with Crippen molar-refractivity contribution in [1.82, 2.24) is 20.2 Å². The highest BCUT2D eigenvalue weighted by Gasteiger charge is 2.32. The molecule has 9 nitrogen and oxygen atoms in total. The molecular weight excluding hydrogens is 509 g/mol. The van der Waals surface area contributed by atoms with Crippen LogP contribution < -0.4 is 20.4 Å². The van der Waals surface area contributed by atoms with Gasteiger partial charge in [0.15, 0.2) is 5.82 Å². The summed E-state index contributed by atoms with van der Waals surface area (Å²) in [6, 6.07) is 2.89. The van der Waals surface area contributed by atoms with Crippen molar-refractivity contribution in [2.45, 2.75) is 64.0 Å². The Morgan fingerprint density at radius 3 is 2.61 bits per heavy atom. The average molecular weight is 544 g/mol. The summed E-state index contributed by atoms with van der Waals surface area (Å²) >= 11 is 6.49. The molecule has 11 heteroatoms. The number of benzene rings is 1. The van der Waals surface area contributed by atoms with Crippen molar-refractivity contribution >= 4 is 46.6 Å². The van der Waals surface area contributed by atoms with Crippen LogP contribution in [0, 0.1) is 5.82 Å². The van der Waals surface area contributed by atoms with Gasteiger partial charge in [0.2, 0.25) is 11.9 Å². The summed E-state index contributed by atoms with van der Waals surface area (Å²) in [5, 5.41) is 6.16. The minimum absolute atomic E-state index is 0.0158. The number of hydrogen-bond acceptors (Lipinski definition) is 7. The van der Waals surface area contributed by atoms with Gasteiger partial charge in [-0.3, -0.25) is 9.59 Å². The summed E-state index contributed by atoms with van der Waals surface area (Å²) in [6.07, 6.45) is 8.12. The Kier molecular flexibility index (Phi) is 7.99. The summed E-state index contributed by atoms with van der Waals surface area (Å²) in [4.78, 5) is 40.6. The Morgan fingerprint density at radius 1 is 1.16 bits per heavy atom. The average Bonchev–Trinajstić information content (AvgIpc) is 3.41. The van der Waals surface area contributed by atoms with E-state index in [9.17, 15) is 9.59 Å². The first-order chi connectivity index (χ1) is 18.3. The number of hydrogen-bond donors (Lipinski definition) is 2. The van der Waals surface area contributed by atoms with Crippen LogP contribution >= 0.6 is 11.6 Å². The van der Waals surface area contributed by atoms with Crippen LogP contribution in [0.1, 0.15) is 62.2 Å². The van der Waals surface area contributed by atoms with E-state index in [0.717, 1.165) is 58.2 Å². The Balaban J connectivity index is 1.34. The molecule has 0 radical (unpaired) electrons. The molecule has 1 saturated carbocycles. The molecule has 0 bridgehead atoms. The Hall–Kier alpha value is -2.98. The number of piperidine rings is 1. The molecule has 2 aromatic rings. The van der Waals surface area contributed by atoms with Crippen LogP contribution in [0.5, 0.6) is 0 Å². The number of aromatic nitrogens is 2. The lowest BCUT2D eigenvalue weighted by atomic mass is 10.0. The van der Waals surface area contributed by atoms with Gasteiger partial charge in [0.05, 0.1) is 22.5 Å². The molecule has 5 rings (SSSR count). The maximum atomic E-state index is 15.1. The predicted octanol–water partition coefficient (Wildman–Crippen LogP) is 4.34. The van der Waals surface area contributed by atoms with Crippen molar-refractivity contribution in [2.75, 3.05) is 48.3 Å². The van der Waals surface area contributed by atoms with Gasteiger partial charge in [0.25, 0.3) is 5.91 Å². The third-order valence-corrected chi connectivity index (χ3v) is 8.32. The molecule has 38 heavy (non-hydrogen) atoms. The summed E-state index contributed by atoms with van der Waals surface area (Å²) < 4.78 is 15.1. The van der Waals surface area contributed by atoms with Gasteiger partial charge in [0.1, 0.15) is 11.5 Å². The van der Waals surface area contributed by atoms with Gasteiger partial charge in [-0.05, 0) is 44.4 Å². The van der Waals surface area contributed by atoms with Crippen molar-refractivity contribution in [3.8, 4) is 0 Å². The standard InChI is InChI=1S/C27H35ClFN7O2/c1-3-35-11-8-17(9-12-35)31-26(38)19-14-20(28)22(15-21(19)29)32-27-30-16-23-25(33-27)36(18-6-4-5-7-18)13-10-24(37)34(23)2/h14-18H,3-13H2,1-2H3,(H,31,38)(H,30,32,33). The summed E-state index contributed by atoms with van der Waals surface area (Å²) in [7, 11) is 1.74. The molecular formula is C27H35ClFN7O2. The fourth-order valence-electron chi connectivity index (χ4n) is 5.66. The maximum absolute atomic E-state index is 15.1. The number of carbonyl (C=O) groups is 2. The van der Waals surface area contributed by atoms with Crippen LogP contribution in [0.15, 0.2) is 18.3 Å². The van der Waals surface area contributed by atoms with Crippen LogP contribution in [0.2, 0.25) is 5.02 Å². The topological polar surface area (TPSA) is 93.7 Å². The minimum Gasteiger partial charge on any atom is -0.351 e. The molecule has 1 saturated heterocycles. The van der Waals surface area contributed by atoms with Crippen LogP contribution in [-0.4, -0.2) is 72.0 Å². The van der Waals surface area contributed by atoms with Crippen LogP contribution in [0.25, 0.3) is 0 Å². The zero-order valence-electron chi connectivity index (χ0n) is 22.0. The lowest BCUT2D eigenvalue weighted by Crippen LogP contribution is -2.44. The maximum Gasteiger partial charge on any atom is 0.254 e. The quantitative estimate of drug-likeness (QED) is 0.559. The van der Waals surface area contributed by atoms with Crippen molar-refractivity contribution in [2.24, 2.45) is 0 Å². The van der Waals surface area contributed by atoms with Gasteiger partial charge in [0, 0.05) is 45.2 Å². The van der Waals surface area contributed by atoms with Gasteiger partial charge in [-0.25, -0.2) is 9.37 Å². The first-order valence-corrected chi connectivity index (χ1v) is 13.9. The molecule has 2 aliphatic heterocycles. The van der Waals surface area contributed by atoms with E-state index < -0.39 is 11.7 Å². The van der Waals surface area contributed by atoms with E-state index in [0.29, 0.717) is 30.5 Å². The first kappa shape index (κ1) is 26.6. The number of halogens is 2. The molecule has 2 N–H and O–H groups in total. The highest BCUT2D eigenvalue weighted by Crippen LogP contribution is 2.37.